The maximum atomic E-state index is 13.8. The molecule has 5 aliphatic rings. The number of nitrogens with zero attached hydrogens (tertiary/aromatic N) is 1. The summed E-state index contributed by atoms with van der Waals surface area (Å²) in [6, 6.07) is 10.3. The van der Waals surface area contributed by atoms with E-state index in [9.17, 15) is 24.3 Å². The second-order valence-corrected chi connectivity index (χ2v) is 15.5. The lowest BCUT2D eigenvalue weighted by Gasteiger charge is -2.49. The smallest absolute Gasteiger partial charge is 0.338 e. The Morgan fingerprint density at radius 3 is 2.55 bits per heavy atom. The minimum Gasteiger partial charge on any atom is -0.456 e. The summed E-state index contributed by atoms with van der Waals surface area (Å²) in [5, 5.41) is 12.0. The molecule has 0 radical (unpaired) electrons. The van der Waals surface area contributed by atoms with E-state index >= 15 is 0 Å². The predicted molar refractivity (Wildman–Crippen MR) is 198 cm³/mol. The number of hydrogen-bond donors (Lipinski definition) is 2. The van der Waals surface area contributed by atoms with Gasteiger partial charge in [-0.25, -0.2) is 19.0 Å². The average molecular weight is 754 g/mol. The van der Waals surface area contributed by atoms with E-state index in [0.29, 0.717) is 29.7 Å². The quantitative estimate of drug-likeness (QED) is 0.166. The van der Waals surface area contributed by atoms with Crippen molar-refractivity contribution in [1.29, 1.82) is 0 Å². The number of aromatic nitrogens is 1. The van der Waals surface area contributed by atoms with E-state index in [4.69, 9.17) is 29.4 Å². The molecule has 1 spiro atoms. The second kappa shape index (κ2) is 15.3. The topological polar surface area (TPSA) is 165 Å². The summed E-state index contributed by atoms with van der Waals surface area (Å²) in [6.07, 6.45) is 10.9. The van der Waals surface area contributed by atoms with Crippen LogP contribution in [0.1, 0.15) is 66.8 Å². The zero-order valence-electron chi connectivity index (χ0n) is 31.7. The fraction of sp³-hybridized carbons (Fsp3) is 0.465. The van der Waals surface area contributed by atoms with Crippen molar-refractivity contribution in [3.05, 3.63) is 113 Å². The van der Waals surface area contributed by atoms with E-state index in [1.54, 1.807) is 55.7 Å². The molecule has 12 heteroatoms. The number of benzene rings is 1. The van der Waals surface area contributed by atoms with E-state index in [0.717, 1.165) is 11.1 Å². The normalized spacial score (nSPS) is 35.1. The molecule has 55 heavy (non-hydrogen) atoms. The zero-order chi connectivity index (χ0) is 39.2. The van der Waals surface area contributed by atoms with Gasteiger partial charge in [0.1, 0.15) is 30.0 Å². The number of pyridine rings is 1. The molecule has 2 aromatic rings. The van der Waals surface area contributed by atoms with Gasteiger partial charge in [0.15, 0.2) is 25.0 Å². The van der Waals surface area contributed by atoms with Crippen LogP contribution in [0.25, 0.3) is 0 Å². The van der Waals surface area contributed by atoms with Gasteiger partial charge in [0.2, 0.25) is 5.91 Å². The van der Waals surface area contributed by atoms with Crippen LogP contribution < -0.4 is 10.3 Å². The number of amides is 1. The van der Waals surface area contributed by atoms with E-state index in [-0.39, 0.29) is 24.2 Å². The summed E-state index contributed by atoms with van der Waals surface area (Å²) in [4.78, 5) is 52.1. The summed E-state index contributed by atoms with van der Waals surface area (Å²) in [5.74, 6) is -3.95. The van der Waals surface area contributed by atoms with Crippen LogP contribution in [0.2, 0.25) is 0 Å². The number of hydrogen-bond acceptors (Lipinski definition) is 10. The minimum absolute atomic E-state index is 0.211. The molecule has 1 aromatic carbocycles. The van der Waals surface area contributed by atoms with Gasteiger partial charge in [-0.15, -0.1) is 0 Å². The van der Waals surface area contributed by atoms with Gasteiger partial charge >= 0.3 is 17.9 Å². The number of nitrogens with two attached hydrogens (primary N) is 1. The molecule has 4 bridgehead atoms. The third-order valence-electron chi connectivity index (χ3n) is 12.1. The first kappa shape index (κ1) is 38.4. The molecule has 1 amide bonds. The molecule has 290 valence electrons. The fourth-order valence-electron chi connectivity index (χ4n) is 9.32. The number of esters is 3. The molecule has 3 aliphatic carbocycles. The highest BCUT2D eigenvalue weighted by atomic mass is 16.6. The minimum atomic E-state index is -1.03. The van der Waals surface area contributed by atoms with Crippen LogP contribution in [0.15, 0.2) is 96.4 Å². The lowest BCUT2D eigenvalue weighted by atomic mass is 9.57. The molecule has 7 rings (SSSR count). The van der Waals surface area contributed by atoms with Gasteiger partial charge in [-0.1, -0.05) is 62.4 Å². The highest BCUT2D eigenvalue weighted by Crippen LogP contribution is 2.61. The number of allylic oxidation sites excluding steroid dienone is 3. The van der Waals surface area contributed by atoms with Gasteiger partial charge in [0, 0.05) is 60.0 Å². The average Bonchev–Trinajstić information content (AvgIpc) is 3.77. The van der Waals surface area contributed by atoms with Crippen LogP contribution in [0.3, 0.4) is 0 Å². The summed E-state index contributed by atoms with van der Waals surface area (Å²) in [7, 11) is 1.45. The molecular weight excluding hydrogens is 704 g/mol. The maximum Gasteiger partial charge on any atom is 0.338 e. The Kier molecular flexibility index (Phi) is 10.7. The number of aliphatic hydroxyl groups is 1. The molecule has 2 fully saturated rings. The number of ether oxygens (including phenoxy) is 5. The molecule has 2 aliphatic heterocycles. The lowest BCUT2D eigenvalue weighted by Crippen LogP contribution is -2.57. The van der Waals surface area contributed by atoms with Crippen LogP contribution in [0, 0.1) is 29.6 Å². The van der Waals surface area contributed by atoms with Gasteiger partial charge in [-0.3, -0.25) is 4.79 Å². The van der Waals surface area contributed by atoms with Crippen LogP contribution >= 0.6 is 0 Å². The molecule has 12 atom stereocenters. The number of carbonyl (C=O) groups is 4. The molecule has 3 heterocycles. The molecule has 1 saturated carbocycles. The monoisotopic (exact) mass is 753 g/mol. The third kappa shape index (κ3) is 7.07. The Morgan fingerprint density at radius 2 is 1.85 bits per heavy atom. The van der Waals surface area contributed by atoms with Crippen molar-refractivity contribution < 1.29 is 52.5 Å². The SMILES string of the molecule is CO[C@H]1CC2C=C[C@H]3[C@H]4O[C@]2(/C(C)=C/[C@@H](C)[C@@H]([C@@H](C)OC(=O)c2cccc(C[n+]5ccc(C(N)=O)cc5)c2)OC1=O)[C@@H]3[C@H](O)[C@@H](C)[C@H]4OC(=O)C1=CC=CC1. The number of aliphatic hydroxyl groups excluding tert-OH is 1. The summed E-state index contributed by atoms with van der Waals surface area (Å²) in [5.41, 5.74) is 7.29. The second-order valence-electron chi connectivity index (χ2n) is 15.5. The Morgan fingerprint density at radius 1 is 1.09 bits per heavy atom. The number of cyclic esters (lactones) is 1. The molecule has 1 unspecified atom stereocenters. The highest BCUT2D eigenvalue weighted by molar-refractivity contribution is 5.92. The van der Waals surface area contributed by atoms with Crippen molar-refractivity contribution in [1.82, 2.24) is 0 Å². The first-order chi connectivity index (χ1) is 26.3. The van der Waals surface area contributed by atoms with Crippen LogP contribution in [0.5, 0.6) is 0 Å². The number of methoxy groups -OCH3 is 1. The van der Waals surface area contributed by atoms with Gasteiger partial charge in [0.25, 0.3) is 0 Å². The number of carbonyl (C=O) groups excluding carboxylic acids is 4. The van der Waals surface area contributed by atoms with Gasteiger partial charge in [-0.05, 0) is 44.4 Å². The van der Waals surface area contributed by atoms with Crippen molar-refractivity contribution in [2.24, 2.45) is 35.3 Å². The first-order valence-corrected chi connectivity index (χ1v) is 18.9. The largest absolute Gasteiger partial charge is 0.456 e. The summed E-state index contributed by atoms with van der Waals surface area (Å²) in [6.45, 7) is 7.89. The van der Waals surface area contributed by atoms with Gasteiger partial charge in [0.05, 0.1) is 17.2 Å². The summed E-state index contributed by atoms with van der Waals surface area (Å²) < 4.78 is 32.9. The van der Waals surface area contributed by atoms with E-state index in [1.165, 1.54) is 7.11 Å². The highest BCUT2D eigenvalue weighted by Gasteiger charge is 2.69. The van der Waals surface area contributed by atoms with Gasteiger partial charge in [-0.2, -0.15) is 0 Å². The summed E-state index contributed by atoms with van der Waals surface area (Å²) >= 11 is 0. The predicted octanol–water partition coefficient (Wildman–Crippen LogP) is 3.94. The molecule has 1 saturated heterocycles. The van der Waals surface area contributed by atoms with Crippen molar-refractivity contribution in [3.8, 4) is 0 Å². The van der Waals surface area contributed by atoms with Crippen molar-refractivity contribution >= 4 is 23.8 Å². The van der Waals surface area contributed by atoms with E-state index < -0.39 is 77.9 Å². The van der Waals surface area contributed by atoms with Crippen molar-refractivity contribution in [2.75, 3.05) is 7.11 Å². The molecule has 3 N–H and O–H groups in total. The Balaban J connectivity index is 1.14. The lowest BCUT2D eigenvalue weighted by molar-refractivity contribution is -0.688. The molecule has 1 aromatic heterocycles. The van der Waals surface area contributed by atoms with Gasteiger partial charge < -0.3 is 34.5 Å². The zero-order valence-corrected chi connectivity index (χ0v) is 31.7. The fourth-order valence-corrected chi connectivity index (χ4v) is 9.32. The maximum absolute atomic E-state index is 13.8. The van der Waals surface area contributed by atoms with Crippen molar-refractivity contribution in [2.45, 2.75) is 89.3 Å². The van der Waals surface area contributed by atoms with E-state index in [1.807, 2.05) is 61.8 Å². The molecule has 12 nitrogen and oxygen atoms in total. The van der Waals surface area contributed by atoms with Crippen LogP contribution in [-0.2, 0) is 39.8 Å². The van der Waals surface area contributed by atoms with Crippen molar-refractivity contribution in [3.63, 3.8) is 0 Å². The Labute approximate surface area is 320 Å². The number of primary amides is 1. The number of rotatable bonds is 9. The van der Waals surface area contributed by atoms with Crippen LogP contribution in [-0.4, -0.2) is 78.3 Å². The first-order valence-electron chi connectivity index (χ1n) is 18.9. The van der Waals surface area contributed by atoms with Crippen LogP contribution in [0.4, 0.5) is 0 Å². The Bertz CT molecular complexity index is 1970. The third-order valence-corrected chi connectivity index (χ3v) is 12.1. The molecular formula is C43H49N2O10+. The standard InChI is InChI=1S/C43H48N2O10/c1-23-19-24(2)43-31(13-14-32-34(43)35(46)25(3)37(38(32)55-43)54-40(48)29-10-6-7-11-29)21-33(51-5)42(50)53-36(23)26(4)52-41(49)30-12-8-9-27(20-30)22-45-17-15-28(16-18-45)39(44)47/h6-10,12-20,23,25-26,31-38,46H,11,21-22H2,1-5H3,(H-,44,47)/p+1/b24-19+/t23-,25-,26-,31?,32-,33+,34+,35-,36+,37-,38-,43+/m1/s1. The Hall–Kier alpha value is -4.91. The van der Waals surface area contributed by atoms with E-state index in [2.05, 4.69) is 0 Å².